The molecule has 1 aromatic carbocycles. The fourth-order valence-corrected chi connectivity index (χ4v) is 12.6. The molecule has 1 rings (SSSR count). The molecular weight excluding hydrogens is 424 g/mol. The number of unbranched alkanes of at least 4 members (excludes halogenated alkanes) is 3. The Labute approximate surface area is 159 Å². The van der Waals surface area contributed by atoms with Gasteiger partial charge in [-0.1, -0.05) is 12.1 Å². The zero-order valence-corrected chi connectivity index (χ0v) is 20.0. The van der Waals surface area contributed by atoms with E-state index in [0.717, 1.165) is 11.1 Å². The largest absolute Gasteiger partial charge is 0.768 e. The Morgan fingerprint density at radius 1 is 0.917 bits per heavy atom. The summed E-state index contributed by atoms with van der Waals surface area (Å²) in [7, 11) is 0. The molecule has 0 aliphatic carbocycles. The second-order valence-corrected chi connectivity index (χ2v) is 16.0. The van der Waals surface area contributed by atoms with Crippen LogP contribution in [-0.4, -0.2) is 28.5 Å². The minimum absolute atomic E-state index is 0.394. The summed E-state index contributed by atoms with van der Waals surface area (Å²) < 4.78 is 26.2. The Hall–Kier alpha value is 0.129. The van der Waals surface area contributed by atoms with Crippen LogP contribution in [0.2, 0.25) is 13.3 Å². The van der Waals surface area contributed by atoms with Gasteiger partial charge in [-0.2, -0.15) is 0 Å². The molecule has 0 amide bonds. The van der Waals surface area contributed by atoms with Gasteiger partial charge in [-0.3, -0.25) is 4.21 Å². The average molecular weight is 460 g/mol. The van der Waals surface area contributed by atoms with Crippen LogP contribution in [0.4, 0.5) is 0 Å². The summed E-state index contributed by atoms with van der Waals surface area (Å²) in [4.78, 5) is 0.394. The Kier molecular flexibility index (Phi) is 15.5. The van der Waals surface area contributed by atoms with Crippen molar-refractivity contribution in [2.45, 2.75) is 91.3 Å². The summed E-state index contributed by atoms with van der Waals surface area (Å²) in [6, 6.07) is 5.24. The van der Waals surface area contributed by atoms with Crippen LogP contribution in [0, 0.1) is 13.8 Å². The van der Waals surface area contributed by atoms with Crippen LogP contribution in [0.5, 0.6) is 0 Å². The van der Waals surface area contributed by atoms with E-state index in [9.17, 15) is 8.76 Å². The zero-order chi connectivity index (χ0) is 18.4. The number of hydrogen-bond donors (Lipinski definition) is 0. The van der Waals surface area contributed by atoms with Gasteiger partial charge in [0.25, 0.3) is 0 Å². The monoisotopic (exact) mass is 461 g/mol. The van der Waals surface area contributed by atoms with Crippen molar-refractivity contribution in [3.8, 4) is 0 Å². The SMILES string of the molecule is CCC[CH2][Sn+]([CH2]CCC)[13CH2]CCC.Cc1cccc(S(=O)[O-])c1C. The first-order valence-corrected chi connectivity index (χ1v) is 16.6. The molecule has 0 heterocycles. The standard InChI is InChI=1S/C8H10O2S.3C4H9.Sn/c1-6-4-3-5-8(7(6)2)11(9)10;3*1-3-4-2;/h3-5H,1-2H3,(H,9,10);3*1,3-4H2,2H3;/q;;;;+1/p-1/i;1+1;;;. The first-order chi connectivity index (χ1) is 11.5. The Bertz CT molecular complexity index is 444. The third-order valence-corrected chi connectivity index (χ3v) is 14.3. The van der Waals surface area contributed by atoms with Crippen molar-refractivity contribution in [1.82, 2.24) is 0 Å². The molecule has 0 aliphatic rings. The van der Waals surface area contributed by atoms with E-state index in [1.165, 1.54) is 38.5 Å². The number of rotatable bonds is 10. The van der Waals surface area contributed by atoms with Gasteiger partial charge in [0.1, 0.15) is 0 Å². The molecule has 138 valence electrons. The maximum atomic E-state index is 10.6. The third kappa shape index (κ3) is 10.9. The quantitative estimate of drug-likeness (QED) is 0.230. The summed E-state index contributed by atoms with van der Waals surface area (Å²) in [5.41, 5.74) is 1.84. The second kappa shape index (κ2) is 15.4. The molecule has 2 nitrogen and oxygen atoms in total. The van der Waals surface area contributed by atoms with Gasteiger partial charge in [-0.15, -0.1) is 0 Å². The molecule has 1 aromatic rings. The van der Waals surface area contributed by atoms with E-state index in [-0.39, 0.29) is 0 Å². The number of aryl methyl sites for hydroxylation is 1. The Morgan fingerprint density at radius 3 is 1.71 bits per heavy atom. The minimum Gasteiger partial charge on any atom is -0.768 e. The fraction of sp³-hybridized carbons (Fsp3) is 0.700. The van der Waals surface area contributed by atoms with Crippen molar-refractivity contribution in [3.05, 3.63) is 29.3 Å². The van der Waals surface area contributed by atoms with Crippen LogP contribution in [0.3, 0.4) is 0 Å². The number of hydrogen-bond acceptors (Lipinski definition) is 2. The maximum Gasteiger partial charge on any atom is 0.0280 e. The summed E-state index contributed by atoms with van der Waals surface area (Å²) in [6.45, 7) is 10.7. The van der Waals surface area contributed by atoms with Gasteiger partial charge in [0.15, 0.2) is 0 Å². The van der Waals surface area contributed by atoms with Crippen LogP contribution in [0.1, 0.15) is 70.4 Å². The number of benzene rings is 1. The van der Waals surface area contributed by atoms with Crippen molar-refractivity contribution in [2.24, 2.45) is 0 Å². The van der Waals surface area contributed by atoms with E-state index in [4.69, 9.17) is 0 Å². The predicted octanol–water partition coefficient (Wildman–Crippen LogP) is 6.42. The van der Waals surface area contributed by atoms with Crippen LogP contribution in [0.15, 0.2) is 23.1 Å². The minimum atomic E-state index is -2.10. The average Bonchev–Trinajstić information content (AvgIpc) is 2.57. The normalized spacial score (nSPS) is 11.6. The van der Waals surface area contributed by atoms with E-state index in [1.54, 1.807) is 32.4 Å². The predicted molar refractivity (Wildman–Crippen MR) is 108 cm³/mol. The van der Waals surface area contributed by atoms with E-state index in [2.05, 4.69) is 20.8 Å². The van der Waals surface area contributed by atoms with Gasteiger partial charge >= 0.3 is 92.4 Å². The molecule has 0 spiro atoms. The Morgan fingerprint density at radius 2 is 1.38 bits per heavy atom. The van der Waals surface area contributed by atoms with Gasteiger partial charge in [0.2, 0.25) is 0 Å². The van der Waals surface area contributed by atoms with E-state index in [1.807, 2.05) is 13.0 Å². The van der Waals surface area contributed by atoms with Crippen molar-refractivity contribution >= 4 is 30.8 Å². The molecule has 1 atom stereocenters. The third-order valence-electron chi connectivity index (χ3n) is 4.39. The van der Waals surface area contributed by atoms with Crippen LogP contribution >= 0.6 is 0 Å². The van der Waals surface area contributed by atoms with Gasteiger partial charge in [0, 0.05) is 4.90 Å². The fourth-order valence-electron chi connectivity index (χ4n) is 2.56. The van der Waals surface area contributed by atoms with Crippen LogP contribution in [0.25, 0.3) is 0 Å². The van der Waals surface area contributed by atoms with E-state index in [0.29, 0.717) is 4.90 Å². The molecule has 1 unspecified atom stereocenters. The molecule has 0 aromatic heterocycles. The molecule has 4 heteroatoms. The molecule has 24 heavy (non-hydrogen) atoms. The van der Waals surface area contributed by atoms with Gasteiger partial charge in [0.05, 0.1) is 0 Å². The summed E-state index contributed by atoms with van der Waals surface area (Å²) in [5, 5.41) is 0. The molecule has 0 radical (unpaired) electrons. The van der Waals surface area contributed by atoms with Crippen molar-refractivity contribution in [2.75, 3.05) is 0 Å². The molecule has 0 N–H and O–H groups in total. The van der Waals surface area contributed by atoms with Gasteiger partial charge in [-0.05, 0) is 42.1 Å². The molecule has 0 fully saturated rings. The molecule has 0 saturated carbocycles. The summed E-state index contributed by atoms with van der Waals surface area (Å²) in [5.74, 6) is 0. The van der Waals surface area contributed by atoms with Crippen molar-refractivity contribution in [3.63, 3.8) is 0 Å². The molecule has 0 bridgehead atoms. The van der Waals surface area contributed by atoms with Gasteiger partial charge in [-0.25, -0.2) is 0 Å². The van der Waals surface area contributed by atoms with Crippen LogP contribution < -0.4 is 0 Å². The Balaban J connectivity index is 0.000000446. The first-order valence-electron chi connectivity index (χ1n) is 9.46. The molecule has 0 saturated heterocycles. The van der Waals surface area contributed by atoms with Crippen molar-refractivity contribution in [1.29, 1.82) is 0 Å². The summed E-state index contributed by atoms with van der Waals surface area (Å²) in [6.07, 6.45) is 8.85. The topological polar surface area (TPSA) is 40.1 Å². The van der Waals surface area contributed by atoms with E-state index < -0.39 is 30.8 Å². The van der Waals surface area contributed by atoms with Crippen LogP contribution in [-0.2, 0) is 11.1 Å². The zero-order valence-electron chi connectivity index (χ0n) is 16.3. The van der Waals surface area contributed by atoms with Crippen molar-refractivity contribution < 1.29 is 8.76 Å². The smallest absolute Gasteiger partial charge is 0.0280 e. The van der Waals surface area contributed by atoms with Gasteiger partial charge < -0.3 is 4.55 Å². The second-order valence-electron chi connectivity index (χ2n) is 6.49. The molecular formula is C20H36O2SSn. The van der Waals surface area contributed by atoms with E-state index >= 15 is 0 Å². The summed E-state index contributed by atoms with van der Waals surface area (Å²) >= 11 is -2.94. The molecule has 0 aliphatic heterocycles. The first kappa shape index (κ1) is 24.1. The maximum absolute atomic E-state index is 10.6.